The minimum Gasteiger partial charge on any atom is -0.448 e. The summed E-state index contributed by atoms with van der Waals surface area (Å²) >= 11 is 0. The van der Waals surface area contributed by atoms with Crippen molar-refractivity contribution in [1.29, 1.82) is 0 Å². The average Bonchev–Trinajstić information content (AvgIpc) is 3.22. The van der Waals surface area contributed by atoms with Crippen LogP contribution in [0.25, 0.3) is 11.1 Å². The lowest BCUT2D eigenvalue weighted by molar-refractivity contribution is -0.124. The number of rotatable bonds is 5. The maximum absolute atomic E-state index is 13.1. The molecule has 0 spiro atoms. The number of piperidine rings is 1. The standard InChI is InChI=1S/C27H29NO3/c1-17(2)13-26(29)18-14-19-11-12-20(15-18)28(19)27(30)31-16-25-23-9-5-3-7-21(23)22-8-4-6-10-24(22)25/h3-10,18-20,25H,1,11-16H2,2H3. The summed E-state index contributed by atoms with van der Waals surface area (Å²) in [6.07, 6.45) is 3.67. The fourth-order valence-electron chi connectivity index (χ4n) is 5.85. The lowest BCUT2D eigenvalue weighted by Crippen LogP contribution is -2.48. The second kappa shape index (κ2) is 7.99. The summed E-state index contributed by atoms with van der Waals surface area (Å²) in [6, 6.07) is 17.0. The molecule has 2 bridgehead atoms. The summed E-state index contributed by atoms with van der Waals surface area (Å²) < 4.78 is 5.91. The van der Waals surface area contributed by atoms with Crippen molar-refractivity contribution >= 4 is 11.9 Å². The van der Waals surface area contributed by atoms with Crippen molar-refractivity contribution in [3.8, 4) is 11.1 Å². The van der Waals surface area contributed by atoms with Gasteiger partial charge in [-0.1, -0.05) is 60.7 Å². The molecule has 2 fully saturated rings. The van der Waals surface area contributed by atoms with Crippen molar-refractivity contribution in [3.63, 3.8) is 0 Å². The predicted molar refractivity (Wildman–Crippen MR) is 121 cm³/mol. The smallest absolute Gasteiger partial charge is 0.410 e. The molecule has 2 aliphatic heterocycles. The van der Waals surface area contributed by atoms with Gasteiger partial charge in [-0.05, 0) is 54.9 Å². The molecular weight excluding hydrogens is 386 g/mol. The fourth-order valence-corrected chi connectivity index (χ4v) is 5.85. The first-order valence-electron chi connectivity index (χ1n) is 11.3. The highest BCUT2D eigenvalue weighted by molar-refractivity contribution is 5.84. The second-order valence-corrected chi connectivity index (χ2v) is 9.36. The van der Waals surface area contributed by atoms with Crippen LogP contribution in [-0.2, 0) is 9.53 Å². The molecule has 2 heterocycles. The molecule has 0 N–H and O–H groups in total. The minimum absolute atomic E-state index is 0.0480. The van der Waals surface area contributed by atoms with Crippen molar-refractivity contribution in [2.45, 2.75) is 57.0 Å². The fraction of sp³-hybridized carbons (Fsp3) is 0.407. The highest BCUT2D eigenvalue weighted by atomic mass is 16.6. The Morgan fingerprint density at radius 1 is 0.968 bits per heavy atom. The number of carbonyl (C=O) groups is 2. The number of ketones is 1. The summed E-state index contributed by atoms with van der Waals surface area (Å²) in [5, 5.41) is 0. The van der Waals surface area contributed by atoms with Crippen molar-refractivity contribution in [3.05, 3.63) is 71.8 Å². The van der Waals surface area contributed by atoms with Gasteiger partial charge in [-0.15, -0.1) is 0 Å². The van der Waals surface area contributed by atoms with Gasteiger partial charge in [-0.3, -0.25) is 4.79 Å². The van der Waals surface area contributed by atoms with Crippen molar-refractivity contribution < 1.29 is 14.3 Å². The molecule has 0 saturated carbocycles. The monoisotopic (exact) mass is 415 g/mol. The van der Waals surface area contributed by atoms with E-state index in [0.29, 0.717) is 13.0 Å². The molecule has 1 aliphatic carbocycles. The van der Waals surface area contributed by atoms with Gasteiger partial charge in [0.2, 0.25) is 0 Å². The summed E-state index contributed by atoms with van der Waals surface area (Å²) in [5.74, 6) is 0.395. The predicted octanol–water partition coefficient (Wildman–Crippen LogP) is 5.71. The van der Waals surface area contributed by atoms with Crippen LogP contribution in [0.3, 0.4) is 0 Å². The number of nitrogens with zero attached hydrogens (tertiary/aromatic N) is 1. The van der Waals surface area contributed by atoms with Crippen LogP contribution in [0.15, 0.2) is 60.7 Å². The lowest BCUT2D eigenvalue weighted by atomic mass is 9.85. The largest absolute Gasteiger partial charge is 0.448 e. The zero-order chi connectivity index (χ0) is 21.5. The quantitative estimate of drug-likeness (QED) is 0.587. The Labute approximate surface area is 183 Å². The Kier molecular flexibility index (Phi) is 5.17. The third-order valence-electron chi connectivity index (χ3n) is 7.21. The van der Waals surface area contributed by atoms with E-state index < -0.39 is 0 Å². The Morgan fingerprint density at radius 2 is 1.52 bits per heavy atom. The molecule has 5 rings (SSSR count). The van der Waals surface area contributed by atoms with Gasteiger partial charge in [-0.2, -0.15) is 0 Å². The first kappa shape index (κ1) is 20.0. The SMILES string of the molecule is C=C(C)CC(=O)C1CC2CCC(C1)N2C(=O)OCC1c2ccccc2-c2ccccc21. The molecular formula is C27H29NO3. The van der Waals surface area contributed by atoms with Gasteiger partial charge in [0.05, 0.1) is 0 Å². The number of hydrogen-bond donors (Lipinski definition) is 0. The molecule has 2 aromatic rings. The van der Waals surface area contributed by atoms with E-state index in [1.165, 1.54) is 22.3 Å². The Morgan fingerprint density at radius 3 is 2.06 bits per heavy atom. The molecule has 1 amide bonds. The molecule has 4 heteroatoms. The van der Waals surface area contributed by atoms with Crippen LogP contribution in [0.2, 0.25) is 0 Å². The molecule has 2 saturated heterocycles. The molecule has 160 valence electrons. The van der Waals surface area contributed by atoms with Crippen LogP contribution in [0, 0.1) is 5.92 Å². The molecule has 2 atom stereocenters. The maximum atomic E-state index is 13.1. The van der Waals surface area contributed by atoms with E-state index in [1.807, 2.05) is 24.0 Å². The summed E-state index contributed by atoms with van der Waals surface area (Å²) in [7, 11) is 0. The molecule has 0 aromatic heterocycles. The van der Waals surface area contributed by atoms with Crippen molar-refractivity contribution in [1.82, 2.24) is 4.90 Å². The van der Waals surface area contributed by atoms with E-state index in [-0.39, 0.29) is 35.8 Å². The van der Waals surface area contributed by atoms with E-state index in [2.05, 4.69) is 43.0 Å². The lowest BCUT2D eigenvalue weighted by Gasteiger charge is -2.37. The number of hydrogen-bond acceptors (Lipinski definition) is 3. The number of Topliss-reactive ketones (excluding diaryl/α,β-unsaturated/α-hetero) is 1. The summed E-state index contributed by atoms with van der Waals surface area (Å²) in [5.41, 5.74) is 5.83. The minimum atomic E-state index is -0.222. The second-order valence-electron chi connectivity index (χ2n) is 9.36. The number of benzene rings is 2. The Balaban J connectivity index is 1.27. The van der Waals surface area contributed by atoms with E-state index in [9.17, 15) is 9.59 Å². The number of ether oxygens (including phenoxy) is 1. The molecule has 0 radical (unpaired) electrons. The van der Waals surface area contributed by atoms with Crippen LogP contribution < -0.4 is 0 Å². The summed E-state index contributed by atoms with van der Waals surface area (Å²) in [6.45, 7) is 6.12. The van der Waals surface area contributed by atoms with Gasteiger partial charge in [0.15, 0.2) is 0 Å². The van der Waals surface area contributed by atoms with Crippen LogP contribution in [0.1, 0.15) is 56.1 Å². The third-order valence-corrected chi connectivity index (χ3v) is 7.21. The van der Waals surface area contributed by atoms with E-state index in [0.717, 1.165) is 31.3 Å². The highest BCUT2D eigenvalue weighted by Gasteiger charge is 2.46. The topological polar surface area (TPSA) is 46.6 Å². The van der Waals surface area contributed by atoms with Crippen LogP contribution in [-0.4, -0.2) is 35.5 Å². The number of amides is 1. The summed E-state index contributed by atoms with van der Waals surface area (Å²) in [4.78, 5) is 27.6. The van der Waals surface area contributed by atoms with Gasteiger partial charge in [0, 0.05) is 30.3 Å². The molecule has 4 nitrogen and oxygen atoms in total. The van der Waals surface area contributed by atoms with Gasteiger partial charge in [0.1, 0.15) is 12.4 Å². The van der Waals surface area contributed by atoms with Gasteiger partial charge in [-0.25, -0.2) is 4.79 Å². The molecule has 31 heavy (non-hydrogen) atoms. The van der Waals surface area contributed by atoms with E-state index >= 15 is 0 Å². The first-order chi connectivity index (χ1) is 15.0. The number of carbonyl (C=O) groups excluding carboxylic acids is 2. The zero-order valence-electron chi connectivity index (χ0n) is 18.0. The van der Waals surface area contributed by atoms with E-state index in [4.69, 9.17) is 4.74 Å². The normalized spacial score (nSPS) is 23.9. The highest BCUT2D eigenvalue weighted by Crippen LogP contribution is 2.45. The molecule has 2 aromatic carbocycles. The number of allylic oxidation sites excluding steroid dienone is 1. The molecule has 2 unspecified atom stereocenters. The van der Waals surface area contributed by atoms with Crippen molar-refractivity contribution in [2.24, 2.45) is 5.92 Å². The van der Waals surface area contributed by atoms with Crippen molar-refractivity contribution in [2.75, 3.05) is 6.61 Å². The average molecular weight is 416 g/mol. The molecule has 3 aliphatic rings. The van der Waals surface area contributed by atoms with Crippen LogP contribution in [0.4, 0.5) is 4.79 Å². The van der Waals surface area contributed by atoms with Crippen LogP contribution in [0.5, 0.6) is 0 Å². The number of fused-ring (bicyclic) bond motifs is 5. The maximum Gasteiger partial charge on any atom is 0.410 e. The van der Waals surface area contributed by atoms with Gasteiger partial charge < -0.3 is 9.64 Å². The third kappa shape index (κ3) is 3.58. The van der Waals surface area contributed by atoms with Gasteiger partial charge >= 0.3 is 6.09 Å². The van der Waals surface area contributed by atoms with Crippen LogP contribution >= 0.6 is 0 Å². The Bertz CT molecular complexity index is 983. The Hall–Kier alpha value is -2.88. The first-order valence-corrected chi connectivity index (χ1v) is 11.3. The zero-order valence-corrected chi connectivity index (χ0v) is 18.0. The van der Waals surface area contributed by atoms with Gasteiger partial charge in [0.25, 0.3) is 0 Å². The van der Waals surface area contributed by atoms with E-state index in [1.54, 1.807) is 0 Å².